The third-order valence-electron chi connectivity index (χ3n) is 5.51. The van der Waals surface area contributed by atoms with Crippen molar-refractivity contribution in [3.63, 3.8) is 0 Å². The van der Waals surface area contributed by atoms with Gasteiger partial charge in [-0.1, -0.05) is 36.4 Å². The van der Waals surface area contributed by atoms with Gasteiger partial charge in [0.15, 0.2) is 0 Å². The number of nitrogens with one attached hydrogen (secondary N) is 1. The number of fused-ring (bicyclic) bond motifs is 4. The summed E-state index contributed by atoms with van der Waals surface area (Å²) >= 11 is 0. The molecule has 140 valence electrons. The number of aryl methyl sites for hydroxylation is 2. The minimum Gasteiger partial charge on any atom is -0.495 e. The van der Waals surface area contributed by atoms with Gasteiger partial charge in [0, 0.05) is 36.7 Å². The zero-order valence-electron chi connectivity index (χ0n) is 16.0. The van der Waals surface area contributed by atoms with Crippen LogP contribution in [0, 0.1) is 0 Å². The van der Waals surface area contributed by atoms with Crippen molar-refractivity contribution < 1.29 is 4.74 Å². The van der Waals surface area contributed by atoms with E-state index in [0.717, 1.165) is 57.6 Å². The van der Waals surface area contributed by atoms with Crippen LogP contribution in [0.1, 0.15) is 17.8 Å². The molecule has 0 radical (unpaired) electrons. The Hall–Kier alpha value is -3.34. The van der Waals surface area contributed by atoms with E-state index in [1.165, 1.54) is 0 Å². The predicted molar refractivity (Wildman–Crippen MR) is 114 cm³/mol. The van der Waals surface area contributed by atoms with Gasteiger partial charge in [-0.15, -0.1) is 0 Å². The van der Waals surface area contributed by atoms with Crippen molar-refractivity contribution in [3.8, 4) is 5.75 Å². The highest BCUT2D eigenvalue weighted by Gasteiger charge is 2.18. The lowest BCUT2D eigenvalue weighted by atomic mass is 10.0. The standard InChI is InChI=1S/C23H22N4O/c1-27-18-12-9-16-6-4-14-24-22(16)23(18)26-20(27)13-11-17-10-8-15-5-3-7-19(28-2)21(15)25-17/h3-10,12,14,17,25H,11,13H2,1-2H3. The predicted octanol–water partition coefficient (Wildman–Crippen LogP) is 4.57. The first-order valence-electron chi connectivity index (χ1n) is 9.55. The number of rotatable bonds is 4. The van der Waals surface area contributed by atoms with Crippen molar-refractivity contribution in [2.24, 2.45) is 7.05 Å². The first-order valence-corrected chi connectivity index (χ1v) is 9.55. The highest BCUT2D eigenvalue weighted by atomic mass is 16.5. The molecule has 0 saturated carbocycles. The Balaban J connectivity index is 1.41. The van der Waals surface area contributed by atoms with E-state index in [1.54, 1.807) is 7.11 Å². The van der Waals surface area contributed by atoms with Gasteiger partial charge in [0.2, 0.25) is 0 Å². The molecule has 3 heterocycles. The van der Waals surface area contributed by atoms with E-state index < -0.39 is 0 Å². The Morgan fingerprint density at radius 2 is 2.04 bits per heavy atom. The number of para-hydroxylation sites is 1. The van der Waals surface area contributed by atoms with E-state index in [9.17, 15) is 0 Å². The average Bonchev–Trinajstić information content (AvgIpc) is 3.07. The molecule has 5 heteroatoms. The molecule has 1 aliphatic heterocycles. The second-order valence-electron chi connectivity index (χ2n) is 7.17. The summed E-state index contributed by atoms with van der Waals surface area (Å²) in [5.74, 6) is 1.96. The Morgan fingerprint density at radius 3 is 2.93 bits per heavy atom. The lowest BCUT2D eigenvalue weighted by molar-refractivity contribution is 0.416. The molecule has 1 aliphatic rings. The summed E-state index contributed by atoms with van der Waals surface area (Å²) < 4.78 is 7.69. The summed E-state index contributed by atoms with van der Waals surface area (Å²) in [4.78, 5) is 9.47. The average molecular weight is 370 g/mol. The highest BCUT2D eigenvalue weighted by Crippen LogP contribution is 2.33. The van der Waals surface area contributed by atoms with Crippen LogP contribution in [0.4, 0.5) is 5.69 Å². The molecule has 5 nitrogen and oxygen atoms in total. The van der Waals surface area contributed by atoms with E-state index in [4.69, 9.17) is 9.72 Å². The highest BCUT2D eigenvalue weighted by molar-refractivity contribution is 6.01. The Kier molecular flexibility index (Phi) is 4.01. The molecular weight excluding hydrogens is 348 g/mol. The molecule has 4 aromatic rings. The van der Waals surface area contributed by atoms with Crippen LogP contribution in [-0.4, -0.2) is 27.7 Å². The quantitative estimate of drug-likeness (QED) is 0.572. The number of benzene rings is 2. The van der Waals surface area contributed by atoms with Gasteiger partial charge in [-0.2, -0.15) is 0 Å². The minimum absolute atomic E-state index is 0.249. The summed E-state index contributed by atoms with van der Waals surface area (Å²) in [5.41, 5.74) is 5.31. The maximum atomic E-state index is 5.50. The first-order chi connectivity index (χ1) is 13.7. The smallest absolute Gasteiger partial charge is 0.142 e. The van der Waals surface area contributed by atoms with Crippen molar-refractivity contribution >= 4 is 33.7 Å². The lowest BCUT2D eigenvalue weighted by Crippen LogP contribution is -2.21. The topological polar surface area (TPSA) is 52.0 Å². The van der Waals surface area contributed by atoms with Crippen LogP contribution in [0.2, 0.25) is 0 Å². The second-order valence-corrected chi connectivity index (χ2v) is 7.17. The molecule has 0 fully saturated rings. The van der Waals surface area contributed by atoms with E-state index in [0.29, 0.717) is 0 Å². The van der Waals surface area contributed by atoms with Gasteiger partial charge in [-0.05, 0) is 24.6 Å². The SMILES string of the molecule is COc1cccc2c1NC(CCc1nc3c4ncccc4ccc3n1C)C=C2. The molecule has 0 saturated heterocycles. The molecule has 2 aromatic heterocycles. The van der Waals surface area contributed by atoms with Gasteiger partial charge < -0.3 is 14.6 Å². The monoisotopic (exact) mass is 370 g/mol. The maximum absolute atomic E-state index is 5.50. The molecule has 0 amide bonds. The summed E-state index contributed by atoms with van der Waals surface area (Å²) in [5, 5.41) is 4.73. The van der Waals surface area contributed by atoms with Crippen molar-refractivity contribution in [1.82, 2.24) is 14.5 Å². The fourth-order valence-corrected chi connectivity index (χ4v) is 3.98. The zero-order chi connectivity index (χ0) is 19.1. The molecule has 2 aromatic carbocycles. The number of nitrogens with zero attached hydrogens (tertiary/aromatic N) is 3. The molecule has 1 atom stereocenters. The van der Waals surface area contributed by atoms with Crippen molar-refractivity contribution in [1.29, 1.82) is 0 Å². The van der Waals surface area contributed by atoms with Gasteiger partial charge in [-0.3, -0.25) is 4.98 Å². The number of ether oxygens (including phenoxy) is 1. The summed E-state index contributed by atoms with van der Waals surface area (Å²) in [6.45, 7) is 0. The van der Waals surface area contributed by atoms with Gasteiger partial charge in [0.05, 0.1) is 23.8 Å². The van der Waals surface area contributed by atoms with E-state index in [1.807, 2.05) is 24.4 Å². The Labute approximate surface area is 163 Å². The third-order valence-corrected chi connectivity index (χ3v) is 5.51. The number of imidazole rings is 1. The summed E-state index contributed by atoms with van der Waals surface area (Å²) in [6.07, 6.45) is 8.06. The fourth-order valence-electron chi connectivity index (χ4n) is 3.98. The Morgan fingerprint density at radius 1 is 1.11 bits per heavy atom. The van der Waals surface area contributed by atoms with Crippen molar-refractivity contribution in [2.45, 2.75) is 18.9 Å². The van der Waals surface area contributed by atoms with Crippen LogP contribution in [0.3, 0.4) is 0 Å². The molecule has 1 N–H and O–H groups in total. The number of aromatic nitrogens is 3. The van der Waals surface area contributed by atoms with Crippen LogP contribution in [0.5, 0.6) is 5.75 Å². The summed E-state index contributed by atoms with van der Waals surface area (Å²) in [7, 11) is 3.80. The maximum Gasteiger partial charge on any atom is 0.142 e. The van der Waals surface area contributed by atoms with Gasteiger partial charge >= 0.3 is 0 Å². The van der Waals surface area contributed by atoms with Gasteiger partial charge in [-0.25, -0.2) is 4.98 Å². The van der Waals surface area contributed by atoms with Crippen LogP contribution in [0.25, 0.3) is 28.0 Å². The number of hydrogen-bond acceptors (Lipinski definition) is 4. The number of hydrogen-bond donors (Lipinski definition) is 1. The lowest BCUT2D eigenvalue weighted by Gasteiger charge is -2.24. The van der Waals surface area contributed by atoms with Crippen LogP contribution >= 0.6 is 0 Å². The zero-order valence-corrected chi connectivity index (χ0v) is 16.0. The number of anilines is 1. The van der Waals surface area contributed by atoms with Crippen molar-refractivity contribution in [2.75, 3.05) is 12.4 Å². The largest absolute Gasteiger partial charge is 0.495 e. The molecule has 0 bridgehead atoms. The van der Waals surface area contributed by atoms with Gasteiger partial charge in [0.1, 0.15) is 17.1 Å². The molecule has 28 heavy (non-hydrogen) atoms. The third kappa shape index (κ3) is 2.71. The Bertz CT molecular complexity index is 1210. The van der Waals surface area contributed by atoms with E-state index in [-0.39, 0.29) is 6.04 Å². The summed E-state index contributed by atoms with van der Waals surface area (Å²) in [6, 6.07) is 14.6. The molecule has 0 aliphatic carbocycles. The molecule has 0 spiro atoms. The van der Waals surface area contributed by atoms with Crippen molar-refractivity contribution in [3.05, 3.63) is 66.1 Å². The molecular formula is C23H22N4O. The van der Waals surface area contributed by atoms with E-state index in [2.05, 4.69) is 58.3 Å². The number of pyridine rings is 1. The minimum atomic E-state index is 0.249. The van der Waals surface area contributed by atoms with Crippen LogP contribution in [-0.2, 0) is 13.5 Å². The number of methoxy groups -OCH3 is 1. The normalized spacial score (nSPS) is 15.6. The first kappa shape index (κ1) is 16.8. The molecule has 1 unspecified atom stereocenters. The fraction of sp³-hybridized carbons (Fsp3) is 0.217. The van der Waals surface area contributed by atoms with Gasteiger partial charge in [0.25, 0.3) is 0 Å². The van der Waals surface area contributed by atoms with E-state index >= 15 is 0 Å². The molecule has 5 rings (SSSR count). The van der Waals surface area contributed by atoms with Crippen LogP contribution in [0.15, 0.2) is 54.7 Å². The van der Waals surface area contributed by atoms with Crippen LogP contribution < -0.4 is 10.1 Å². The second kappa shape index (κ2) is 6.68.